The first-order valence-corrected chi connectivity index (χ1v) is 11.5. The number of halogens is 1. The van der Waals surface area contributed by atoms with Crippen LogP contribution in [0.15, 0.2) is 53.6 Å². The lowest BCUT2D eigenvalue weighted by molar-refractivity contribution is 0.119. The summed E-state index contributed by atoms with van der Waals surface area (Å²) < 4.78 is 28.2. The molecule has 1 aliphatic heterocycles. The SMILES string of the molecule is C[C@@H]1CC2c3cccc4c3c(cn4S(=O)(=O)c3ccc(Cl)cc3)C[C@H]2N(C)C1. The number of likely N-dealkylation sites (tertiary alicyclic amines) is 1. The average molecular weight is 415 g/mol. The molecule has 146 valence electrons. The van der Waals surface area contributed by atoms with Gasteiger partial charge in [-0.25, -0.2) is 12.4 Å². The highest BCUT2D eigenvalue weighted by molar-refractivity contribution is 7.90. The topological polar surface area (TPSA) is 42.3 Å². The minimum atomic E-state index is -3.67. The van der Waals surface area contributed by atoms with Crippen LogP contribution >= 0.6 is 11.6 Å². The standard InChI is InChI=1S/C22H23ClN2O2S/c1-14-10-19-18-4-3-5-20-22(18)15(11-21(19)24(2)12-14)13-25(20)28(26,27)17-8-6-16(23)7-9-17/h3-9,13-14,19,21H,10-12H2,1-2H3/t14-,19?,21-/m1/s1. The third-order valence-corrected chi connectivity index (χ3v) is 8.33. The van der Waals surface area contributed by atoms with E-state index in [1.807, 2.05) is 18.3 Å². The van der Waals surface area contributed by atoms with Gasteiger partial charge in [0.1, 0.15) is 0 Å². The normalized spacial score (nSPS) is 25.0. The molecule has 1 aliphatic carbocycles. The number of benzene rings is 2. The van der Waals surface area contributed by atoms with Crippen molar-refractivity contribution < 1.29 is 8.42 Å². The molecule has 0 bridgehead atoms. The average Bonchev–Trinajstić information content (AvgIpc) is 3.04. The van der Waals surface area contributed by atoms with Crippen LogP contribution in [0.4, 0.5) is 0 Å². The Balaban J connectivity index is 1.70. The Bertz CT molecular complexity index is 1170. The van der Waals surface area contributed by atoms with Gasteiger partial charge in [0.25, 0.3) is 10.0 Å². The van der Waals surface area contributed by atoms with Gasteiger partial charge in [-0.05, 0) is 67.3 Å². The lowest BCUT2D eigenvalue weighted by Crippen LogP contribution is -2.47. The van der Waals surface area contributed by atoms with Crippen molar-refractivity contribution in [2.45, 2.75) is 36.6 Å². The predicted octanol–water partition coefficient (Wildman–Crippen LogP) is 4.51. The number of likely N-dealkylation sites (N-methyl/N-ethyl adjacent to an activating group) is 1. The molecule has 3 atom stereocenters. The van der Waals surface area contributed by atoms with E-state index in [0.717, 1.165) is 35.9 Å². The molecule has 1 aromatic heterocycles. The van der Waals surface area contributed by atoms with Crippen LogP contribution in [0.25, 0.3) is 10.9 Å². The molecular weight excluding hydrogens is 392 g/mol. The smallest absolute Gasteiger partial charge is 0.268 e. The van der Waals surface area contributed by atoms with Crippen LogP contribution in [0, 0.1) is 5.92 Å². The van der Waals surface area contributed by atoms with E-state index in [9.17, 15) is 8.42 Å². The van der Waals surface area contributed by atoms with Crippen molar-refractivity contribution in [1.82, 2.24) is 8.87 Å². The first-order valence-electron chi connectivity index (χ1n) is 9.70. The van der Waals surface area contributed by atoms with Crippen molar-refractivity contribution in [2.24, 2.45) is 5.92 Å². The van der Waals surface area contributed by atoms with Crippen molar-refractivity contribution >= 4 is 32.5 Å². The molecule has 2 aliphatic rings. The van der Waals surface area contributed by atoms with E-state index in [1.165, 1.54) is 9.54 Å². The molecule has 0 N–H and O–H groups in total. The number of fused-ring (bicyclic) bond motifs is 2. The zero-order chi connectivity index (χ0) is 19.6. The maximum atomic E-state index is 13.4. The molecule has 5 rings (SSSR count). The van der Waals surface area contributed by atoms with Crippen molar-refractivity contribution in [1.29, 1.82) is 0 Å². The van der Waals surface area contributed by atoms with E-state index in [1.54, 1.807) is 24.3 Å². The van der Waals surface area contributed by atoms with Gasteiger partial charge >= 0.3 is 0 Å². The third kappa shape index (κ3) is 2.64. The van der Waals surface area contributed by atoms with Crippen LogP contribution in [0.2, 0.25) is 5.02 Å². The van der Waals surface area contributed by atoms with E-state index in [2.05, 4.69) is 24.9 Å². The fraction of sp³-hybridized carbons (Fsp3) is 0.364. The van der Waals surface area contributed by atoms with E-state index in [0.29, 0.717) is 22.9 Å². The van der Waals surface area contributed by atoms with Gasteiger partial charge in [-0.15, -0.1) is 0 Å². The van der Waals surface area contributed by atoms with Gasteiger partial charge in [0.05, 0.1) is 10.4 Å². The molecule has 1 fully saturated rings. The summed E-state index contributed by atoms with van der Waals surface area (Å²) in [7, 11) is -1.48. The molecule has 1 unspecified atom stereocenters. The Labute approximate surface area is 170 Å². The molecular formula is C22H23ClN2O2S. The summed E-state index contributed by atoms with van der Waals surface area (Å²) >= 11 is 5.95. The number of aromatic nitrogens is 1. The van der Waals surface area contributed by atoms with Crippen LogP contribution in [-0.2, 0) is 16.4 Å². The summed E-state index contributed by atoms with van der Waals surface area (Å²) in [5, 5.41) is 1.65. The Kier molecular flexibility index (Phi) is 4.13. The van der Waals surface area contributed by atoms with Crippen molar-refractivity contribution in [2.75, 3.05) is 13.6 Å². The summed E-state index contributed by atoms with van der Waals surface area (Å²) in [4.78, 5) is 2.71. The van der Waals surface area contributed by atoms with Gasteiger partial charge < -0.3 is 4.90 Å². The van der Waals surface area contributed by atoms with Crippen molar-refractivity contribution in [3.05, 3.63) is 64.8 Å². The van der Waals surface area contributed by atoms with Gasteiger partial charge in [0.2, 0.25) is 0 Å². The van der Waals surface area contributed by atoms with Gasteiger partial charge in [-0.3, -0.25) is 0 Å². The molecule has 0 spiro atoms. The van der Waals surface area contributed by atoms with E-state index < -0.39 is 10.0 Å². The van der Waals surface area contributed by atoms with Crippen LogP contribution in [0.3, 0.4) is 0 Å². The summed E-state index contributed by atoms with van der Waals surface area (Å²) in [6.07, 6.45) is 3.88. The maximum Gasteiger partial charge on any atom is 0.268 e. The fourth-order valence-corrected chi connectivity index (χ4v) is 6.72. The number of hydrogen-bond donors (Lipinski definition) is 0. The molecule has 28 heavy (non-hydrogen) atoms. The zero-order valence-corrected chi connectivity index (χ0v) is 17.5. The summed E-state index contributed by atoms with van der Waals surface area (Å²) in [6.45, 7) is 3.40. The lowest BCUT2D eigenvalue weighted by Gasteiger charge is -2.44. The summed E-state index contributed by atoms with van der Waals surface area (Å²) in [5.74, 6) is 1.10. The fourth-order valence-electron chi connectivity index (χ4n) is 5.21. The quantitative estimate of drug-likeness (QED) is 0.619. The van der Waals surface area contributed by atoms with Gasteiger partial charge in [-0.1, -0.05) is 30.7 Å². The Morgan fingerprint density at radius 3 is 2.61 bits per heavy atom. The Morgan fingerprint density at radius 2 is 1.86 bits per heavy atom. The Hall–Kier alpha value is -1.82. The summed E-state index contributed by atoms with van der Waals surface area (Å²) in [6, 6.07) is 12.9. The molecule has 4 nitrogen and oxygen atoms in total. The van der Waals surface area contributed by atoms with Crippen LogP contribution in [0.1, 0.15) is 30.4 Å². The van der Waals surface area contributed by atoms with E-state index in [4.69, 9.17) is 11.6 Å². The maximum absolute atomic E-state index is 13.4. The predicted molar refractivity (Wildman–Crippen MR) is 113 cm³/mol. The lowest BCUT2D eigenvalue weighted by atomic mass is 9.73. The first-order chi connectivity index (χ1) is 13.4. The van der Waals surface area contributed by atoms with E-state index in [-0.39, 0.29) is 4.90 Å². The first kappa shape index (κ1) is 18.2. The molecule has 6 heteroatoms. The molecule has 0 saturated carbocycles. The minimum Gasteiger partial charge on any atom is -0.302 e. The molecule has 0 radical (unpaired) electrons. The minimum absolute atomic E-state index is 0.258. The molecule has 2 heterocycles. The third-order valence-electron chi connectivity index (χ3n) is 6.39. The number of rotatable bonds is 2. The second kappa shape index (κ2) is 6.34. The molecule has 3 aromatic rings. The summed E-state index contributed by atoms with van der Waals surface area (Å²) in [5.41, 5.74) is 3.21. The number of piperidine rings is 1. The van der Waals surface area contributed by atoms with Crippen molar-refractivity contribution in [3.63, 3.8) is 0 Å². The number of hydrogen-bond acceptors (Lipinski definition) is 3. The molecule has 0 amide bonds. The van der Waals surface area contributed by atoms with Crippen molar-refractivity contribution in [3.8, 4) is 0 Å². The van der Waals surface area contributed by atoms with Crippen LogP contribution < -0.4 is 0 Å². The molecule has 1 saturated heterocycles. The second-order valence-corrected chi connectivity index (χ2v) is 10.6. The van der Waals surface area contributed by atoms with Crippen LogP contribution in [-0.4, -0.2) is 36.9 Å². The largest absolute Gasteiger partial charge is 0.302 e. The monoisotopic (exact) mass is 414 g/mol. The Morgan fingerprint density at radius 1 is 1.11 bits per heavy atom. The second-order valence-electron chi connectivity index (χ2n) is 8.31. The number of nitrogens with zero attached hydrogens (tertiary/aromatic N) is 2. The highest BCUT2D eigenvalue weighted by Gasteiger charge is 2.39. The highest BCUT2D eigenvalue weighted by Crippen LogP contribution is 2.45. The highest BCUT2D eigenvalue weighted by atomic mass is 35.5. The van der Waals surface area contributed by atoms with Crippen LogP contribution in [0.5, 0.6) is 0 Å². The van der Waals surface area contributed by atoms with E-state index >= 15 is 0 Å². The van der Waals surface area contributed by atoms with Gasteiger partial charge in [0, 0.05) is 35.1 Å². The zero-order valence-electron chi connectivity index (χ0n) is 16.0. The van der Waals surface area contributed by atoms with Gasteiger partial charge in [-0.2, -0.15) is 0 Å². The molecule has 2 aromatic carbocycles. The van der Waals surface area contributed by atoms with Gasteiger partial charge in [0.15, 0.2) is 0 Å².